The molecule has 0 aliphatic carbocycles. The minimum absolute atomic E-state index is 0.0185. The van der Waals surface area contributed by atoms with Crippen LogP contribution in [0, 0.1) is 0 Å². The van der Waals surface area contributed by atoms with Crippen LogP contribution in [-0.4, -0.2) is 11.7 Å². The van der Waals surface area contributed by atoms with Crippen molar-refractivity contribution in [1.29, 1.82) is 0 Å². The van der Waals surface area contributed by atoms with Crippen LogP contribution in [0.1, 0.15) is 20.3 Å². The molecule has 2 N–H and O–H groups in total. The van der Waals surface area contributed by atoms with Gasteiger partial charge in [-0.2, -0.15) is 0 Å². The highest BCUT2D eigenvalue weighted by atomic mass is 16.1. The zero-order valence-electron chi connectivity index (χ0n) is 6.39. The Morgan fingerprint density at radius 1 is 1.60 bits per heavy atom. The third-order valence-electron chi connectivity index (χ3n) is 0.636. The van der Waals surface area contributed by atoms with Crippen LogP contribution in [0.2, 0.25) is 0 Å². The normalized spacial score (nSPS) is 7.00. The third kappa shape index (κ3) is 28.7. The van der Waals surface area contributed by atoms with Gasteiger partial charge >= 0.3 is 0 Å². The summed E-state index contributed by atoms with van der Waals surface area (Å²) >= 11 is 0. The summed E-state index contributed by atoms with van der Waals surface area (Å²) in [7, 11) is 0. The largest absolute Gasteiger partial charge is 0.370 e. The number of primary amides is 1. The number of hydrogen-bond acceptors (Lipinski definition) is 2. The van der Waals surface area contributed by atoms with Crippen molar-refractivity contribution in [3.63, 3.8) is 0 Å². The molecule has 3 nitrogen and oxygen atoms in total. The number of rotatable bonds is 2. The molecule has 0 unspecified atom stereocenters. The Kier molecular flexibility index (Phi) is 9.18. The maximum atomic E-state index is 9.69. The van der Waals surface area contributed by atoms with Gasteiger partial charge in [-0.1, -0.05) is 13.5 Å². The predicted octanol–water partition coefficient (Wildman–Crippen LogP) is 0.643. The first kappa shape index (κ1) is 11.6. The molecule has 10 heavy (non-hydrogen) atoms. The molecule has 0 heterocycles. The summed E-state index contributed by atoms with van der Waals surface area (Å²) in [5.74, 6) is -0.227. The quantitative estimate of drug-likeness (QED) is 0.577. The van der Waals surface area contributed by atoms with Crippen molar-refractivity contribution in [3.8, 4) is 0 Å². The number of ketones is 1. The molecular weight excluding hydrogens is 130 g/mol. The van der Waals surface area contributed by atoms with Gasteiger partial charge in [0.15, 0.2) is 5.78 Å². The van der Waals surface area contributed by atoms with Crippen LogP contribution < -0.4 is 5.73 Å². The van der Waals surface area contributed by atoms with E-state index in [1.54, 1.807) is 6.92 Å². The van der Waals surface area contributed by atoms with Gasteiger partial charge < -0.3 is 5.73 Å². The number of carbonyl (C=O) groups is 2. The molecule has 58 valence electrons. The van der Waals surface area contributed by atoms with Gasteiger partial charge in [-0.15, -0.1) is 0 Å². The van der Waals surface area contributed by atoms with E-state index in [9.17, 15) is 9.59 Å². The first-order chi connectivity index (χ1) is 4.54. The fourth-order valence-corrected chi connectivity index (χ4v) is 0. The Bertz CT molecular complexity index is 130. The van der Waals surface area contributed by atoms with E-state index in [0.29, 0.717) is 6.42 Å². The Hall–Kier alpha value is -1.12. The van der Waals surface area contributed by atoms with Gasteiger partial charge in [0.05, 0.1) is 0 Å². The van der Waals surface area contributed by atoms with E-state index in [4.69, 9.17) is 0 Å². The van der Waals surface area contributed by atoms with E-state index in [0.717, 1.165) is 0 Å². The van der Waals surface area contributed by atoms with Crippen LogP contribution in [0.15, 0.2) is 12.7 Å². The van der Waals surface area contributed by atoms with Gasteiger partial charge in [0.1, 0.15) is 0 Å². The Morgan fingerprint density at radius 2 is 1.80 bits per heavy atom. The Balaban J connectivity index is 0. The van der Waals surface area contributed by atoms with Crippen LogP contribution in [0.4, 0.5) is 0 Å². The second-order valence-electron chi connectivity index (χ2n) is 1.63. The second-order valence-corrected chi connectivity index (χ2v) is 1.63. The standard InChI is InChI=1S/C4H6O.C3H7NO/c1-3-4(2)5;1-2-3(4)5/h3H,1H2,2H3;2H2,1H3,(H2,4,5). The molecule has 0 rings (SSSR count). The predicted molar refractivity (Wildman–Crippen MR) is 40.4 cm³/mol. The minimum atomic E-state index is -0.245. The maximum absolute atomic E-state index is 9.69. The summed E-state index contributed by atoms with van der Waals surface area (Å²) in [6.45, 7) is 6.40. The fraction of sp³-hybridized carbons (Fsp3) is 0.429. The molecule has 0 aliphatic rings. The smallest absolute Gasteiger partial charge is 0.217 e. The number of nitrogens with two attached hydrogens (primary N) is 1. The van der Waals surface area contributed by atoms with Crippen LogP contribution in [0.25, 0.3) is 0 Å². The zero-order chi connectivity index (χ0) is 8.57. The number of carbonyl (C=O) groups excluding carboxylic acids is 2. The van der Waals surface area contributed by atoms with Gasteiger partial charge in [0.2, 0.25) is 5.91 Å². The van der Waals surface area contributed by atoms with Gasteiger partial charge in [-0.25, -0.2) is 0 Å². The molecule has 0 aliphatic heterocycles. The van der Waals surface area contributed by atoms with Gasteiger partial charge in [0.25, 0.3) is 0 Å². The molecule has 3 heteroatoms. The minimum Gasteiger partial charge on any atom is -0.370 e. The fourth-order valence-electron chi connectivity index (χ4n) is 0. The highest BCUT2D eigenvalue weighted by molar-refractivity contribution is 5.86. The van der Waals surface area contributed by atoms with E-state index in [-0.39, 0.29) is 11.7 Å². The zero-order valence-corrected chi connectivity index (χ0v) is 6.39. The lowest BCUT2D eigenvalue weighted by atomic mass is 10.5. The molecule has 0 aromatic carbocycles. The maximum Gasteiger partial charge on any atom is 0.217 e. The van der Waals surface area contributed by atoms with E-state index in [1.807, 2.05) is 0 Å². The molecule has 1 amide bonds. The third-order valence-corrected chi connectivity index (χ3v) is 0.636. The number of amides is 1. The lowest BCUT2D eigenvalue weighted by Gasteiger charge is -1.73. The SMILES string of the molecule is C=CC(C)=O.CCC(N)=O. The van der Waals surface area contributed by atoms with E-state index in [1.165, 1.54) is 13.0 Å². The number of hydrogen-bond donors (Lipinski definition) is 1. The Morgan fingerprint density at radius 3 is 1.80 bits per heavy atom. The highest BCUT2D eigenvalue weighted by Gasteiger charge is 1.77. The first-order valence-corrected chi connectivity index (χ1v) is 2.95. The van der Waals surface area contributed by atoms with Crippen molar-refractivity contribution in [3.05, 3.63) is 12.7 Å². The average molecular weight is 143 g/mol. The lowest BCUT2D eigenvalue weighted by Crippen LogP contribution is -2.06. The van der Waals surface area contributed by atoms with Crippen molar-refractivity contribution in [1.82, 2.24) is 0 Å². The van der Waals surface area contributed by atoms with E-state index in [2.05, 4.69) is 12.3 Å². The molecule has 0 bridgehead atoms. The summed E-state index contributed by atoms with van der Waals surface area (Å²) in [5, 5.41) is 0. The monoisotopic (exact) mass is 143 g/mol. The second kappa shape index (κ2) is 7.88. The summed E-state index contributed by atoms with van der Waals surface area (Å²) in [5.41, 5.74) is 4.65. The molecule has 0 fully saturated rings. The van der Waals surface area contributed by atoms with Crippen LogP contribution in [0.3, 0.4) is 0 Å². The van der Waals surface area contributed by atoms with Gasteiger partial charge in [0, 0.05) is 6.42 Å². The summed E-state index contributed by atoms with van der Waals surface area (Å²) in [6, 6.07) is 0. The van der Waals surface area contributed by atoms with Crippen molar-refractivity contribution in [2.45, 2.75) is 20.3 Å². The van der Waals surface area contributed by atoms with Gasteiger partial charge in [-0.05, 0) is 13.0 Å². The van der Waals surface area contributed by atoms with Crippen LogP contribution >= 0.6 is 0 Å². The summed E-state index contributed by atoms with van der Waals surface area (Å²) in [4.78, 5) is 19.3. The van der Waals surface area contributed by atoms with Crippen molar-refractivity contribution in [2.24, 2.45) is 5.73 Å². The number of allylic oxidation sites excluding steroid dienone is 1. The van der Waals surface area contributed by atoms with Gasteiger partial charge in [-0.3, -0.25) is 9.59 Å². The first-order valence-electron chi connectivity index (χ1n) is 2.95. The topological polar surface area (TPSA) is 60.2 Å². The molecule has 0 aromatic heterocycles. The van der Waals surface area contributed by atoms with Crippen LogP contribution in [-0.2, 0) is 9.59 Å². The molecule has 0 saturated carbocycles. The Labute approximate surface area is 60.9 Å². The lowest BCUT2D eigenvalue weighted by molar-refractivity contribution is -0.117. The molecule has 0 spiro atoms. The summed E-state index contributed by atoms with van der Waals surface area (Å²) in [6.07, 6.45) is 1.72. The molecule has 0 radical (unpaired) electrons. The highest BCUT2D eigenvalue weighted by Crippen LogP contribution is 1.63. The van der Waals surface area contributed by atoms with Crippen molar-refractivity contribution in [2.75, 3.05) is 0 Å². The summed E-state index contributed by atoms with van der Waals surface area (Å²) < 4.78 is 0. The van der Waals surface area contributed by atoms with E-state index >= 15 is 0 Å². The molecule has 0 aromatic rings. The van der Waals surface area contributed by atoms with Crippen molar-refractivity contribution >= 4 is 11.7 Å². The molecule has 0 saturated heterocycles. The molecule has 0 atom stereocenters. The molecular formula is C7H13NO2. The van der Waals surface area contributed by atoms with Crippen LogP contribution in [0.5, 0.6) is 0 Å². The van der Waals surface area contributed by atoms with Crippen molar-refractivity contribution < 1.29 is 9.59 Å². The average Bonchev–Trinajstić information content (AvgIpc) is 1.89. The van der Waals surface area contributed by atoms with E-state index < -0.39 is 0 Å².